The minimum absolute atomic E-state index is 0.0167. The molecule has 3 nitrogen and oxygen atoms in total. The maximum atomic E-state index is 13.6. The van der Waals surface area contributed by atoms with Gasteiger partial charge < -0.3 is 5.32 Å². The van der Waals surface area contributed by atoms with Crippen LogP contribution in [0, 0.1) is 5.82 Å². The lowest BCUT2D eigenvalue weighted by Crippen LogP contribution is -2.31. The van der Waals surface area contributed by atoms with Crippen molar-refractivity contribution in [1.82, 2.24) is 0 Å². The third kappa shape index (κ3) is 3.03. The fourth-order valence-corrected chi connectivity index (χ4v) is 1.79. The summed E-state index contributed by atoms with van der Waals surface area (Å²) in [6.45, 7) is 0. The lowest BCUT2D eigenvalue weighted by atomic mass is 10.3. The fraction of sp³-hybridized carbons (Fsp3) is 0.0714. The maximum Gasteiger partial charge on any atom is 0.326 e. The van der Waals surface area contributed by atoms with Crippen molar-refractivity contribution < 1.29 is 9.18 Å². The van der Waals surface area contributed by atoms with Crippen LogP contribution in [0.3, 0.4) is 0 Å². The summed E-state index contributed by atoms with van der Waals surface area (Å²) in [7, 11) is 1.60. The van der Waals surface area contributed by atoms with Crippen molar-refractivity contribution in [1.29, 1.82) is 0 Å². The summed E-state index contributed by atoms with van der Waals surface area (Å²) in [5.74, 6) is -0.567. The van der Waals surface area contributed by atoms with Crippen LogP contribution in [-0.4, -0.2) is 13.1 Å². The number of benzene rings is 2. The van der Waals surface area contributed by atoms with Gasteiger partial charge in [0.05, 0.1) is 10.7 Å². The monoisotopic (exact) mass is 278 g/mol. The van der Waals surface area contributed by atoms with Gasteiger partial charge in [-0.3, -0.25) is 4.90 Å². The zero-order valence-corrected chi connectivity index (χ0v) is 11.0. The van der Waals surface area contributed by atoms with Crippen LogP contribution in [0.25, 0.3) is 0 Å². The van der Waals surface area contributed by atoms with Crippen molar-refractivity contribution in [3.8, 4) is 0 Å². The van der Waals surface area contributed by atoms with Crippen molar-refractivity contribution >= 4 is 29.0 Å². The smallest absolute Gasteiger partial charge is 0.304 e. The lowest BCUT2D eigenvalue weighted by molar-refractivity contribution is 0.258. The Balaban J connectivity index is 2.18. The van der Waals surface area contributed by atoms with Crippen molar-refractivity contribution in [3.05, 3.63) is 59.4 Å². The number of para-hydroxylation sites is 2. The van der Waals surface area contributed by atoms with Gasteiger partial charge in [0.2, 0.25) is 0 Å². The predicted molar refractivity (Wildman–Crippen MR) is 75.3 cm³/mol. The SMILES string of the molecule is CN(C(=O)Nc1c(F)cccc1Cl)c1ccccc1. The molecular weight excluding hydrogens is 267 g/mol. The van der Waals surface area contributed by atoms with Gasteiger partial charge in [0.25, 0.3) is 0 Å². The van der Waals surface area contributed by atoms with Crippen molar-refractivity contribution in [2.45, 2.75) is 0 Å². The molecule has 0 heterocycles. The quantitative estimate of drug-likeness (QED) is 0.879. The van der Waals surface area contributed by atoms with E-state index in [1.54, 1.807) is 19.2 Å². The fourth-order valence-electron chi connectivity index (χ4n) is 1.58. The van der Waals surface area contributed by atoms with Gasteiger partial charge in [0, 0.05) is 12.7 Å². The lowest BCUT2D eigenvalue weighted by Gasteiger charge is -2.18. The van der Waals surface area contributed by atoms with Gasteiger partial charge in [-0.2, -0.15) is 0 Å². The molecule has 5 heteroatoms. The van der Waals surface area contributed by atoms with E-state index in [1.807, 2.05) is 18.2 Å². The number of carbonyl (C=O) groups excluding carboxylic acids is 1. The molecule has 0 aliphatic heterocycles. The molecule has 0 fully saturated rings. The van der Waals surface area contributed by atoms with E-state index >= 15 is 0 Å². The van der Waals surface area contributed by atoms with Crippen LogP contribution in [0.15, 0.2) is 48.5 Å². The number of anilines is 2. The van der Waals surface area contributed by atoms with E-state index in [1.165, 1.54) is 23.1 Å². The number of hydrogen-bond donors (Lipinski definition) is 1. The molecule has 0 unspecified atom stereocenters. The molecule has 19 heavy (non-hydrogen) atoms. The Labute approximate surface area is 115 Å². The largest absolute Gasteiger partial charge is 0.326 e. The second-order valence-corrected chi connectivity index (χ2v) is 4.33. The van der Waals surface area contributed by atoms with Gasteiger partial charge in [-0.25, -0.2) is 9.18 Å². The zero-order chi connectivity index (χ0) is 13.8. The van der Waals surface area contributed by atoms with E-state index in [9.17, 15) is 9.18 Å². The first kappa shape index (κ1) is 13.4. The van der Waals surface area contributed by atoms with E-state index < -0.39 is 11.8 Å². The molecule has 2 amide bonds. The molecule has 0 aliphatic rings. The van der Waals surface area contributed by atoms with E-state index in [4.69, 9.17) is 11.6 Å². The average molecular weight is 279 g/mol. The van der Waals surface area contributed by atoms with E-state index in [-0.39, 0.29) is 10.7 Å². The number of carbonyl (C=O) groups is 1. The second-order valence-electron chi connectivity index (χ2n) is 3.92. The minimum atomic E-state index is -0.567. The Morgan fingerprint density at radius 1 is 1.16 bits per heavy atom. The Kier molecular flexibility index (Phi) is 4.02. The highest BCUT2D eigenvalue weighted by atomic mass is 35.5. The van der Waals surface area contributed by atoms with Gasteiger partial charge in [-0.15, -0.1) is 0 Å². The molecule has 2 aromatic carbocycles. The molecule has 1 N–H and O–H groups in total. The Bertz CT molecular complexity index is 569. The van der Waals surface area contributed by atoms with Crippen LogP contribution in [0.5, 0.6) is 0 Å². The third-order valence-electron chi connectivity index (χ3n) is 2.64. The topological polar surface area (TPSA) is 32.3 Å². The standard InChI is InChI=1S/C14H12ClFN2O/c1-18(10-6-3-2-4-7-10)14(19)17-13-11(15)8-5-9-12(13)16/h2-9H,1H3,(H,17,19). The number of rotatable bonds is 2. The number of hydrogen-bond acceptors (Lipinski definition) is 1. The molecule has 0 saturated carbocycles. The third-order valence-corrected chi connectivity index (χ3v) is 2.96. The summed E-state index contributed by atoms with van der Waals surface area (Å²) in [6.07, 6.45) is 0. The summed E-state index contributed by atoms with van der Waals surface area (Å²) in [5.41, 5.74) is 0.685. The summed E-state index contributed by atoms with van der Waals surface area (Å²) >= 11 is 5.85. The van der Waals surface area contributed by atoms with Gasteiger partial charge in [0.15, 0.2) is 0 Å². The summed E-state index contributed by atoms with van der Waals surface area (Å²) < 4.78 is 13.6. The van der Waals surface area contributed by atoms with Gasteiger partial charge >= 0.3 is 6.03 Å². The van der Waals surface area contributed by atoms with Crippen LogP contribution in [0.2, 0.25) is 5.02 Å². The highest BCUT2D eigenvalue weighted by Gasteiger charge is 2.14. The number of urea groups is 1. The highest BCUT2D eigenvalue weighted by molar-refractivity contribution is 6.33. The molecule has 0 aliphatic carbocycles. The van der Waals surface area contributed by atoms with E-state index in [0.29, 0.717) is 5.69 Å². The summed E-state index contributed by atoms with van der Waals surface area (Å²) in [6, 6.07) is 12.8. The molecule has 0 aromatic heterocycles. The van der Waals surface area contributed by atoms with Crippen LogP contribution in [-0.2, 0) is 0 Å². The van der Waals surface area contributed by atoms with Crippen LogP contribution < -0.4 is 10.2 Å². The number of nitrogens with zero attached hydrogens (tertiary/aromatic N) is 1. The molecule has 98 valence electrons. The molecule has 0 spiro atoms. The highest BCUT2D eigenvalue weighted by Crippen LogP contribution is 2.25. The van der Waals surface area contributed by atoms with Crippen LogP contribution >= 0.6 is 11.6 Å². The average Bonchev–Trinajstić information content (AvgIpc) is 2.43. The first-order valence-electron chi connectivity index (χ1n) is 5.63. The molecule has 0 atom stereocenters. The molecule has 0 bridgehead atoms. The number of amides is 2. The Hall–Kier alpha value is -2.07. The van der Waals surface area contributed by atoms with Crippen LogP contribution in [0.1, 0.15) is 0 Å². The Morgan fingerprint density at radius 2 is 1.84 bits per heavy atom. The second kappa shape index (κ2) is 5.71. The molecular formula is C14H12ClFN2O. The normalized spacial score (nSPS) is 10.1. The first-order chi connectivity index (χ1) is 9.09. The number of halogens is 2. The summed E-state index contributed by atoms with van der Waals surface area (Å²) in [5, 5.41) is 2.62. The molecule has 0 radical (unpaired) electrons. The van der Waals surface area contributed by atoms with Crippen LogP contribution in [0.4, 0.5) is 20.6 Å². The number of nitrogens with one attached hydrogen (secondary N) is 1. The van der Waals surface area contributed by atoms with Crippen molar-refractivity contribution in [2.24, 2.45) is 0 Å². The first-order valence-corrected chi connectivity index (χ1v) is 6.01. The van der Waals surface area contributed by atoms with Gasteiger partial charge in [0.1, 0.15) is 5.82 Å². The summed E-state index contributed by atoms with van der Waals surface area (Å²) in [4.78, 5) is 13.4. The van der Waals surface area contributed by atoms with E-state index in [0.717, 1.165) is 0 Å². The van der Waals surface area contributed by atoms with Gasteiger partial charge in [-0.1, -0.05) is 35.9 Å². The zero-order valence-electron chi connectivity index (χ0n) is 10.2. The molecule has 2 rings (SSSR count). The van der Waals surface area contributed by atoms with Gasteiger partial charge in [-0.05, 0) is 24.3 Å². The molecule has 2 aromatic rings. The van der Waals surface area contributed by atoms with E-state index in [2.05, 4.69) is 5.32 Å². The predicted octanol–water partition coefficient (Wildman–Crippen LogP) is 4.15. The van der Waals surface area contributed by atoms with Crippen molar-refractivity contribution in [3.63, 3.8) is 0 Å². The minimum Gasteiger partial charge on any atom is -0.304 e. The maximum absolute atomic E-state index is 13.6. The Morgan fingerprint density at radius 3 is 2.47 bits per heavy atom. The molecule has 0 saturated heterocycles. The van der Waals surface area contributed by atoms with Crippen molar-refractivity contribution in [2.75, 3.05) is 17.3 Å².